The Morgan fingerprint density at radius 1 is 1.29 bits per heavy atom. The summed E-state index contributed by atoms with van der Waals surface area (Å²) in [4.78, 5) is 2.33. The van der Waals surface area contributed by atoms with Crippen molar-refractivity contribution in [1.82, 2.24) is 10.2 Å². The van der Waals surface area contributed by atoms with Gasteiger partial charge >= 0.3 is 0 Å². The average Bonchev–Trinajstić information content (AvgIpc) is 2.49. The smallest absolute Gasteiger partial charge is 0.123 e. The third-order valence-corrected chi connectivity index (χ3v) is 4.04. The lowest BCUT2D eigenvalue weighted by molar-refractivity contribution is 0.109. The molecular weight excluding hydrogens is 288 g/mol. The molecule has 1 heterocycles. The summed E-state index contributed by atoms with van der Waals surface area (Å²) in [6.07, 6.45) is 0. The molecule has 1 atom stereocenters. The predicted octanol–water partition coefficient (Wildman–Crippen LogP) is 2.18. The number of halogens is 1. The highest BCUT2D eigenvalue weighted by molar-refractivity contribution is 5.85. The second kappa shape index (κ2) is 8.59. The number of nitrogens with zero attached hydrogens (tertiary/aromatic N) is 1. The fourth-order valence-electron chi connectivity index (χ4n) is 2.78. The van der Waals surface area contributed by atoms with Gasteiger partial charge in [0.25, 0.3) is 0 Å². The number of aliphatic hydroxyl groups excluding tert-OH is 1. The van der Waals surface area contributed by atoms with Crippen molar-refractivity contribution >= 4 is 12.4 Å². The first-order valence-electron chi connectivity index (χ1n) is 7.40. The summed E-state index contributed by atoms with van der Waals surface area (Å²) in [7, 11) is 1.69. The highest BCUT2D eigenvalue weighted by Crippen LogP contribution is 2.32. The van der Waals surface area contributed by atoms with Gasteiger partial charge in [-0.25, -0.2) is 0 Å². The van der Waals surface area contributed by atoms with E-state index in [4.69, 9.17) is 4.74 Å². The minimum absolute atomic E-state index is 0. The van der Waals surface area contributed by atoms with Crippen LogP contribution in [0.15, 0.2) is 18.2 Å². The van der Waals surface area contributed by atoms with Crippen molar-refractivity contribution in [3.05, 3.63) is 29.3 Å². The largest absolute Gasteiger partial charge is 0.496 e. The summed E-state index contributed by atoms with van der Waals surface area (Å²) < 4.78 is 5.50. The lowest BCUT2D eigenvalue weighted by atomic mass is 9.96. The third-order valence-electron chi connectivity index (χ3n) is 4.04. The Hall–Kier alpha value is -0.810. The molecule has 0 unspecified atom stereocenters. The van der Waals surface area contributed by atoms with Crippen molar-refractivity contribution in [3.8, 4) is 5.75 Å². The maximum Gasteiger partial charge on any atom is 0.123 e. The van der Waals surface area contributed by atoms with Crippen LogP contribution in [0.1, 0.15) is 36.9 Å². The van der Waals surface area contributed by atoms with E-state index in [9.17, 15) is 5.11 Å². The van der Waals surface area contributed by atoms with Crippen LogP contribution in [0.2, 0.25) is 0 Å². The van der Waals surface area contributed by atoms with Gasteiger partial charge in [0, 0.05) is 31.7 Å². The Morgan fingerprint density at radius 3 is 2.48 bits per heavy atom. The first-order valence-corrected chi connectivity index (χ1v) is 7.40. The SMILES string of the molecule is COc1ccc(C(C)C)cc1[C@H](CO)N1CCNCC1.Cl. The van der Waals surface area contributed by atoms with Crippen LogP contribution in [0.4, 0.5) is 0 Å². The second-order valence-corrected chi connectivity index (χ2v) is 5.64. The molecule has 1 aliphatic heterocycles. The average molecular weight is 315 g/mol. The molecule has 2 N–H and O–H groups in total. The highest BCUT2D eigenvalue weighted by Gasteiger charge is 2.24. The van der Waals surface area contributed by atoms with Crippen LogP contribution in [-0.2, 0) is 0 Å². The van der Waals surface area contributed by atoms with E-state index < -0.39 is 0 Å². The number of hydrogen-bond donors (Lipinski definition) is 2. The Kier molecular flexibility index (Phi) is 7.46. The number of hydrogen-bond acceptors (Lipinski definition) is 4. The van der Waals surface area contributed by atoms with E-state index >= 15 is 0 Å². The zero-order valence-electron chi connectivity index (χ0n) is 13.1. The van der Waals surface area contributed by atoms with E-state index in [1.807, 2.05) is 6.07 Å². The molecule has 1 aromatic rings. The van der Waals surface area contributed by atoms with E-state index in [2.05, 4.69) is 36.2 Å². The molecule has 0 aromatic heterocycles. The molecule has 21 heavy (non-hydrogen) atoms. The summed E-state index contributed by atoms with van der Waals surface area (Å²) in [5.41, 5.74) is 2.39. The monoisotopic (exact) mass is 314 g/mol. The number of rotatable bonds is 5. The Morgan fingerprint density at radius 2 is 1.95 bits per heavy atom. The molecule has 0 amide bonds. The van der Waals surface area contributed by atoms with Crippen LogP contribution in [0.25, 0.3) is 0 Å². The minimum atomic E-state index is 0. The lowest BCUT2D eigenvalue weighted by Crippen LogP contribution is -2.46. The topological polar surface area (TPSA) is 44.7 Å². The van der Waals surface area contributed by atoms with Crippen LogP contribution < -0.4 is 10.1 Å². The van der Waals surface area contributed by atoms with Gasteiger partial charge in [-0.1, -0.05) is 26.0 Å². The molecule has 1 aliphatic rings. The van der Waals surface area contributed by atoms with Gasteiger partial charge in [-0.2, -0.15) is 0 Å². The van der Waals surface area contributed by atoms with Crippen molar-refractivity contribution in [3.63, 3.8) is 0 Å². The zero-order valence-corrected chi connectivity index (χ0v) is 13.9. The fraction of sp³-hybridized carbons (Fsp3) is 0.625. The van der Waals surface area contributed by atoms with E-state index in [1.165, 1.54) is 5.56 Å². The quantitative estimate of drug-likeness (QED) is 0.874. The molecule has 5 heteroatoms. The first-order chi connectivity index (χ1) is 9.67. The van der Waals surface area contributed by atoms with E-state index in [1.54, 1.807) is 7.11 Å². The van der Waals surface area contributed by atoms with Crippen LogP contribution in [0.5, 0.6) is 5.75 Å². The van der Waals surface area contributed by atoms with Crippen molar-refractivity contribution in [2.45, 2.75) is 25.8 Å². The molecule has 4 nitrogen and oxygen atoms in total. The summed E-state index contributed by atoms with van der Waals surface area (Å²) in [5.74, 6) is 1.34. The minimum Gasteiger partial charge on any atom is -0.496 e. The van der Waals surface area contributed by atoms with Gasteiger partial charge in [0.1, 0.15) is 5.75 Å². The number of piperazine rings is 1. The number of aliphatic hydroxyl groups is 1. The Bertz CT molecular complexity index is 434. The zero-order chi connectivity index (χ0) is 14.5. The number of ether oxygens (including phenoxy) is 1. The van der Waals surface area contributed by atoms with Gasteiger partial charge in [0.05, 0.1) is 19.8 Å². The Labute approximate surface area is 133 Å². The molecule has 1 saturated heterocycles. The number of benzene rings is 1. The number of methoxy groups -OCH3 is 1. The summed E-state index contributed by atoms with van der Waals surface area (Å²) in [5, 5.41) is 13.2. The summed E-state index contributed by atoms with van der Waals surface area (Å²) >= 11 is 0. The maximum atomic E-state index is 9.86. The van der Waals surface area contributed by atoms with E-state index in [0.29, 0.717) is 5.92 Å². The normalized spacial score (nSPS) is 17.4. The molecule has 0 spiro atoms. The van der Waals surface area contributed by atoms with Crippen LogP contribution in [0.3, 0.4) is 0 Å². The lowest BCUT2D eigenvalue weighted by Gasteiger charge is -2.35. The van der Waals surface area contributed by atoms with Gasteiger partial charge in [0.15, 0.2) is 0 Å². The molecule has 0 aliphatic carbocycles. The Balaban J connectivity index is 0.00000220. The van der Waals surface area contributed by atoms with Crippen LogP contribution in [0, 0.1) is 0 Å². The van der Waals surface area contributed by atoms with Crippen molar-refractivity contribution in [1.29, 1.82) is 0 Å². The molecule has 0 radical (unpaired) electrons. The summed E-state index contributed by atoms with van der Waals surface area (Å²) in [6, 6.07) is 6.34. The molecular formula is C16H27ClN2O2. The predicted molar refractivity (Wildman–Crippen MR) is 88.6 cm³/mol. The first kappa shape index (κ1) is 18.2. The van der Waals surface area contributed by atoms with Gasteiger partial charge < -0.3 is 15.2 Å². The van der Waals surface area contributed by atoms with E-state index in [-0.39, 0.29) is 25.1 Å². The standard InChI is InChI=1S/C16H26N2O2.ClH/c1-12(2)13-4-5-16(20-3)14(10-13)15(11-19)18-8-6-17-7-9-18;/h4-5,10,12,15,17,19H,6-9,11H2,1-3H3;1H/t15-;/m0./s1. The van der Waals surface area contributed by atoms with Crippen molar-refractivity contribution in [2.24, 2.45) is 0 Å². The van der Waals surface area contributed by atoms with Gasteiger partial charge in [0.2, 0.25) is 0 Å². The summed E-state index contributed by atoms with van der Waals surface area (Å²) in [6.45, 7) is 8.36. The molecule has 0 saturated carbocycles. The molecule has 1 fully saturated rings. The van der Waals surface area contributed by atoms with Crippen LogP contribution >= 0.6 is 12.4 Å². The molecule has 1 aromatic carbocycles. The third kappa shape index (κ3) is 4.33. The second-order valence-electron chi connectivity index (χ2n) is 5.64. The number of nitrogens with one attached hydrogen (secondary N) is 1. The highest BCUT2D eigenvalue weighted by atomic mass is 35.5. The molecule has 0 bridgehead atoms. The van der Waals surface area contributed by atoms with Gasteiger partial charge in [-0.05, 0) is 17.5 Å². The fourth-order valence-corrected chi connectivity index (χ4v) is 2.78. The molecule has 2 rings (SSSR count). The van der Waals surface area contributed by atoms with Crippen molar-refractivity contribution < 1.29 is 9.84 Å². The van der Waals surface area contributed by atoms with Gasteiger partial charge in [-0.15, -0.1) is 12.4 Å². The van der Waals surface area contributed by atoms with E-state index in [0.717, 1.165) is 37.5 Å². The van der Waals surface area contributed by atoms with Gasteiger partial charge in [-0.3, -0.25) is 4.90 Å². The maximum absolute atomic E-state index is 9.86. The van der Waals surface area contributed by atoms with Crippen molar-refractivity contribution in [2.75, 3.05) is 39.9 Å². The van der Waals surface area contributed by atoms with Crippen LogP contribution in [-0.4, -0.2) is 49.9 Å². The molecule has 120 valence electrons.